The van der Waals surface area contributed by atoms with Crippen LogP contribution < -0.4 is 4.90 Å². The van der Waals surface area contributed by atoms with E-state index >= 15 is 0 Å². The maximum atomic E-state index is 12.7. The molecule has 0 spiro atoms. The molecule has 166 valence electrons. The van der Waals surface area contributed by atoms with Gasteiger partial charge in [0.2, 0.25) is 5.82 Å². The van der Waals surface area contributed by atoms with E-state index in [0.29, 0.717) is 16.2 Å². The Morgan fingerprint density at radius 3 is 2.41 bits per heavy atom. The number of hydrogen-bond donors (Lipinski definition) is 0. The van der Waals surface area contributed by atoms with E-state index in [4.69, 9.17) is 0 Å². The molecule has 32 heavy (non-hydrogen) atoms. The standard InChI is InChI=1S/C18H10F6N6O2/c1-29(16(31)18(22,23)24)13-6-5-12-25-11(8-30(12)27-13)9-3-2-4-10(7-9)14-26-15(32-28-14)17(19,20)21/h2-8H,1H3. The van der Waals surface area contributed by atoms with Crippen molar-refractivity contribution in [3.05, 3.63) is 48.5 Å². The zero-order chi connectivity index (χ0) is 23.3. The number of nitrogens with zero attached hydrogens (tertiary/aromatic N) is 6. The number of hydrogen-bond acceptors (Lipinski definition) is 6. The normalized spacial score (nSPS) is 12.3. The Hall–Kier alpha value is -3.97. The number of alkyl halides is 6. The topological polar surface area (TPSA) is 89.4 Å². The van der Waals surface area contributed by atoms with Crippen molar-refractivity contribution in [1.29, 1.82) is 0 Å². The molecule has 4 aromatic rings. The number of anilines is 1. The van der Waals surface area contributed by atoms with Crippen LogP contribution in [0.5, 0.6) is 0 Å². The Balaban J connectivity index is 1.67. The summed E-state index contributed by atoms with van der Waals surface area (Å²) in [6.45, 7) is 0. The number of carbonyl (C=O) groups excluding carboxylic acids is 1. The van der Waals surface area contributed by atoms with Crippen molar-refractivity contribution >= 4 is 17.4 Å². The highest BCUT2D eigenvalue weighted by Crippen LogP contribution is 2.30. The fourth-order valence-corrected chi connectivity index (χ4v) is 2.76. The van der Waals surface area contributed by atoms with Crippen LogP contribution in [-0.4, -0.2) is 43.9 Å². The van der Waals surface area contributed by atoms with Crippen molar-refractivity contribution in [2.24, 2.45) is 0 Å². The van der Waals surface area contributed by atoms with Crippen LogP contribution in [-0.2, 0) is 11.0 Å². The molecule has 0 bridgehead atoms. The van der Waals surface area contributed by atoms with Gasteiger partial charge in [0.25, 0.3) is 0 Å². The van der Waals surface area contributed by atoms with E-state index in [9.17, 15) is 31.1 Å². The number of benzene rings is 1. The van der Waals surface area contributed by atoms with Crippen molar-refractivity contribution in [3.63, 3.8) is 0 Å². The molecule has 0 aliphatic heterocycles. The first-order chi connectivity index (χ1) is 14.9. The minimum absolute atomic E-state index is 0.225. The Morgan fingerprint density at radius 1 is 1.03 bits per heavy atom. The number of amides is 1. The van der Waals surface area contributed by atoms with Crippen LogP contribution in [0.1, 0.15) is 5.89 Å². The average Bonchev–Trinajstić information content (AvgIpc) is 3.38. The molecule has 0 saturated heterocycles. The molecule has 0 aliphatic rings. The first-order valence-corrected chi connectivity index (χ1v) is 8.66. The van der Waals surface area contributed by atoms with Crippen LogP contribution in [0.4, 0.5) is 32.2 Å². The van der Waals surface area contributed by atoms with Gasteiger partial charge in [-0.3, -0.25) is 9.69 Å². The number of halogens is 6. The van der Waals surface area contributed by atoms with Gasteiger partial charge in [0.15, 0.2) is 11.5 Å². The molecule has 0 atom stereocenters. The summed E-state index contributed by atoms with van der Waals surface area (Å²) in [5.74, 6) is -4.12. The molecular formula is C18H10F6N6O2. The highest BCUT2D eigenvalue weighted by Gasteiger charge is 2.42. The second-order valence-corrected chi connectivity index (χ2v) is 6.48. The lowest BCUT2D eigenvalue weighted by molar-refractivity contribution is -0.170. The summed E-state index contributed by atoms with van der Waals surface area (Å²) in [5.41, 5.74) is 1.26. The zero-order valence-corrected chi connectivity index (χ0v) is 15.8. The van der Waals surface area contributed by atoms with Gasteiger partial charge in [-0.15, -0.1) is 5.10 Å². The minimum Gasteiger partial charge on any atom is -0.329 e. The Kier molecular flexibility index (Phi) is 4.86. The summed E-state index contributed by atoms with van der Waals surface area (Å²) in [5, 5.41) is 7.29. The van der Waals surface area contributed by atoms with E-state index in [1.54, 1.807) is 6.07 Å². The van der Waals surface area contributed by atoms with Crippen LogP contribution in [0.25, 0.3) is 28.3 Å². The monoisotopic (exact) mass is 456 g/mol. The highest BCUT2D eigenvalue weighted by atomic mass is 19.4. The molecule has 0 radical (unpaired) electrons. The van der Waals surface area contributed by atoms with Gasteiger partial charge < -0.3 is 4.52 Å². The highest BCUT2D eigenvalue weighted by molar-refractivity contribution is 5.96. The third-order valence-electron chi connectivity index (χ3n) is 4.28. The first-order valence-electron chi connectivity index (χ1n) is 8.66. The Labute approximate surface area is 174 Å². The quantitative estimate of drug-likeness (QED) is 0.433. The van der Waals surface area contributed by atoms with Crippen LogP contribution in [0, 0.1) is 0 Å². The molecule has 1 amide bonds. The third kappa shape index (κ3) is 3.98. The lowest BCUT2D eigenvalue weighted by Gasteiger charge is -2.17. The second kappa shape index (κ2) is 7.32. The minimum atomic E-state index is -5.06. The predicted octanol–water partition coefficient (Wildman–Crippen LogP) is 3.99. The van der Waals surface area contributed by atoms with E-state index in [2.05, 4.69) is 24.7 Å². The van der Waals surface area contributed by atoms with Gasteiger partial charge in [-0.1, -0.05) is 23.4 Å². The van der Waals surface area contributed by atoms with Gasteiger partial charge in [0, 0.05) is 18.2 Å². The summed E-state index contributed by atoms with van der Waals surface area (Å²) < 4.78 is 81.4. The van der Waals surface area contributed by atoms with Crippen molar-refractivity contribution in [2.45, 2.75) is 12.4 Å². The SMILES string of the molecule is CN(C(=O)C(F)(F)F)c1ccc2nc(-c3cccc(-c4noc(C(F)(F)F)n4)c3)cn2n1. The lowest BCUT2D eigenvalue weighted by Crippen LogP contribution is -2.39. The predicted molar refractivity (Wildman–Crippen MR) is 96.2 cm³/mol. The first kappa shape index (κ1) is 21.3. The van der Waals surface area contributed by atoms with Crippen molar-refractivity contribution in [2.75, 3.05) is 11.9 Å². The van der Waals surface area contributed by atoms with Gasteiger partial charge in [0.05, 0.1) is 11.9 Å². The number of carbonyl (C=O) groups is 1. The number of aromatic nitrogens is 5. The molecule has 8 nitrogen and oxygen atoms in total. The van der Waals surface area contributed by atoms with Gasteiger partial charge in [0.1, 0.15) is 0 Å². The summed E-state index contributed by atoms with van der Waals surface area (Å²) in [6, 6.07) is 8.64. The van der Waals surface area contributed by atoms with Crippen molar-refractivity contribution in [1.82, 2.24) is 24.7 Å². The largest absolute Gasteiger partial charge is 0.471 e. The van der Waals surface area contributed by atoms with Crippen LogP contribution in [0.15, 0.2) is 47.1 Å². The molecule has 4 rings (SSSR count). The van der Waals surface area contributed by atoms with Crippen molar-refractivity contribution in [3.8, 4) is 22.6 Å². The molecule has 0 fully saturated rings. The summed E-state index contributed by atoms with van der Waals surface area (Å²) >= 11 is 0. The van der Waals surface area contributed by atoms with Gasteiger partial charge in [-0.25, -0.2) is 9.50 Å². The van der Waals surface area contributed by atoms with E-state index in [-0.39, 0.29) is 22.9 Å². The molecule has 14 heteroatoms. The van der Waals surface area contributed by atoms with Crippen LogP contribution in [0.2, 0.25) is 0 Å². The van der Waals surface area contributed by atoms with Crippen LogP contribution >= 0.6 is 0 Å². The van der Waals surface area contributed by atoms with Gasteiger partial charge >= 0.3 is 24.2 Å². The Morgan fingerprint density at radius 2 is 1.75 bits per heavy atom. The maximum Gasteiger partial charge on any atom is 0.471 e. The molecule has 0 aliphatic carbocycles. The number of imidazole rings is 1. The maximum absolute atomic E-state index is 12.7. The summed E-state index contributed by atoms with van der Waals surface area (Å²) in [7, 11) is 0.936. The van der Waals surface area contributed by atoms with Crippen molar-refractivity contribution < 1.29 is 35.7 Å². The number of rotatable bonds is 3. The Bertz CT molecular complexity index is 1310. The smallest absolute Gasteiger partial charge is 0.329 e. The molecule has 0 N–H and O–H groups in total. The van der Waals surface area contributed by atoms with E-state index in [1.807, 2.05) is 0 Å². The fourth-order valence-electron chi connectivity index (χ4n) is 2.76. The summed E-state index contributed by atoms with van der Waals surface area (Å²) in [4.78, 5) is 19.4. The van der Waals surface area contributed by atoms with E-state index in [0.717, 1.165) is 7.05 Å². The number of fused-ring (bicyclic) bond motifs is 1. The fraction of sp³-hybridized carbons (Fsp3) is 0.167. The van der Waals surface area contributed by atoms with Crippen LogP contribution in [0.3, 0.4) is 0 Å². The third-order valence-corrected chi connectivity index (χ3v) is 4.28. The van der Waals surface area contributed by atoms with E-state index < -0.39 is 24.2 Å². The summed E-state index contributed by atoms with van der Waals surface area (Å²) in [6.07, 6.45) is -8.46. The van der Waals surface area contributed by atoms with E-state index in [1.165, 1.54) is 41.0 Å². The molecular weight excluding hydrogens is 446 g/mol. The second-order valence-electron chi connectivity index (χ2n) is 6.48. The molecule has 3 heterocycles. The van der Waals surface area contributed by atoms with Gasteiger partial charge in [-0.05, 0) is 18.2 Å². The lowest BCUT2D eigenvalue weighted by atomic mass is 10.1. The zero-order valence-electron chi connectivity index (χ0n) is 15.8. The average molecular weight is 456 g/mol. The molecule has 1 aromatic carbocycles. The van der Waals surface area contributed by atoms with Gasteiger partial charge in [-0.2, -0.15) is 31.3 Å². The molecule has 0 unspecified atom stereocenters. The molecule has 0 saturated carbocycles. The molecule has 3 aromatic heterocycles.